The Morgan fingerprint density at radius 3 is 3.14 bits per heavy atom. The molecule has 0 saturated carbocycles. The lowest BCUT2D eigenvalue weighted by Gasteiger charge is -2.26. The van der Waals surface area contributed by atoms with Crippen LogP contribution < -0.4 is 4.74 Å². The molecule has 0 fully saturated rings. The van der Waals surface area contributed by atoms with E-state index in [1.54, 1.807) is 12.5 Å². The molecule has 1 aliphatic rings. The van der Waals surface area contributed by atoms with Gasteiger partial charge >= 0.3 is 5.97 Å². The largest absolute Gasteiger partial charge is 0.482 e. The van der Waals surface area contributed by atoms with Gasteiger partial charge in [0.1, 0.15) is 12.0 Å². The molecule has 1 N–H and O–H groups in total. The Hall–Kier alpha value is -2.30. The van der Waals surface area contributed by atoms with E-state index in [1.807, 2.05) is 12.1 Å². The number of ether oxygens (including phenoxy) is 1. The lowest BCUT2D eigenvalue weighted by atomic mass is 9.80. The monoisotopic (exact) mass is 301 g/mol. The van der Waals surface area contributed by atoms with E-state index in [9.17, 15) is 4.79 Å². The van der Waals surface area contributed by atoms with Crippen LogP contribution in [0.25, 0.3) is 0 Å². The first kappa shape index (κ1) is 14.6. The molecule has 116 valence electrons. The van der Waals surface area contributed by atoms with Gasteiger partial charge in [-0.25, -0.2) is 9.78 Å². The highest BCUT2D eigenvalue weighted by molar-refractivity contribution is 5.68. The zero-order valence-electron chi connectivity index (χ0n) is 12.3. The maximum atomic E-state index is 10.7. The fourth-order valence-electron chi connectivity index (χ4n) is 3.16. The van der Waals surface area contributed by atoms with Gasteiger partial charge in [0.25, 0.3) is 0 Å². The smallest absolute Gasteiger partial charge is 0.341 e. The Labute approximate surface area is 128 Å². The molecule has 2 aromatic rings. The first-order valence-corrected chi connectivity index (χ1v) is 7.59. The van der Waals surface area contributed by atoms with E-state index in [-0.39, 0.29) is 6.61 Å². The van der Waals surface area contributed by atoms with Crippen molar-refractivity contribution in [3.8, 4) is 5.75 Å². The number of benzene rings is 1. The van der Waals surface area contributed by atoms with Gasteiger partial charge < -0.3 is 14.3 Å². The molecule has 3 rings (SSSR count). The van der Waals surface area contributed by atoms with E-state index in [0.717, 1.165) is 43.6 Å². The van der Waals surface area contributed by atoms with Crippen molar-refractivity contribution in [2.75, 3.05) is 6.61 Å². The van der Waals surface area contributed by atoms with Gasteiger partial charge in [-0.3, -0.25) is 0 Å². The average molecular weight is 301 g/mol. The number of rotatable bonds is 6. The third kappa shape index (κ3) is 3.30. The lowest BCUT2D eigenvalue weighted by molar-refractivity contribution is -0.139. The minimum Gasteiger partial charge on any atom is -0.482 e. The highest BCUT2D eigenvalue weighted by Gasteiger charge is 2.23. The van der Waals surface area contributed by atoms with E-state index in [4.69, 9.17) is 14.3 Å². The lowest BCUT2D eigenvalue weighted by Crippen LogP contribution is -2.15. The molecular weight excluding hydrogens is 282 g/mol. The number of nitrogens with zero attached hydrogens (tertiary/aromatic N) is 1. The molecule has 1 atom stereocenters. The molecule has 1 aromatic carbocycles. The number of aryl methyl sites for hydroxylation is 1. The van der Waals surface area contributed by atoms with Gasteiger partial charge in [-0.1, -0.05) is 12.1 Å². The van der Waals surface area contributed by atoms with Crippen LogP contribution in [-0.2, 0) is 17.6 Å². The maximum absolute atomic E-state index is 10.7. The minimum absolute atomic E-state index is 0.294. The van der Waals surface area contributed by atoms with E-state index < -0.39 is 5.97 Å². The number of aliphatic carboxylic acids is 1. The van der Waals surface area contributed by atoms with Crippen LogP contribution in [0.2, 0.25) is 0 Å². The summed E-state index contributed by atoms with van der Waals surface area (Å²) >= 11 is 0. The Kier molecular flexibility index (Phi) is 4.42. The van der Waals surface area contributed by atoms with Crippen LogP contribution >= 0.6 is 0 Å². The summed E-state index contributed by atoms with van der Waals surface area (Å²) in [6, 6.07) is 5.93. The van der Waals surface area contributed by atoms with Crippen molar-refractivity contribution in [3.63, 3.8) is 0 Å². The summed E-state index contributed by atoms with van der Waals surface area (Å²) in [6.07, 6.45) is 8.24. The molecule has 0 amide bonds. The van der Waals surface area contributed by atoms with Gasteiger partial charge in [-0.05, 0) is 48.8 Å². The molecule has 1 heterocycles. The average Bonchev–Trinajstić information content (AvgIpc) is 3.04. The number of fused-ring (bicyclic) bond motifs is 1. The Morgan fingerprint density at radius 1 is 1.45 bits per heavy atom. The quantitative estimate of drug-likeness (QED) is 0.887. The number of carboxylic acid groups (broad SMARTS) is 1. The Morgan fingerprint density at radius 2 is 2.36 bits per heavy atom. The molecule has 0 radical (unpaired) electrons. The SMILES string of the molecule is O=C(O)COc1cccc2c1CCCC2CCc1ncco1. The second-order valence-electron chi connectivity index (χ2n) is 5.56. The highest BCUT2D eigenvalue weighted by Crippen LogP contribution is 2.38. The number of carbonyl (C=O) groups is 1. The van der Waals surface area contributed by atoms with Crippen molar-refractivity contribution >= 4 is 5.97 Å². The molecule has 0 aliphatic heterocycles. The van der Waals surface area contributed by atoms with Crippen LogP contribution in [0.4, 0.5) is 0 Å². The third-order valence-corrected chi connectivity index (χ3v) is 4.13. The minimum atomic E-state index is -0.950. The van der Waals surface area contributed by atoms with Crippen LogP contribution in [0, 0.1) is 0 Å². The number of carboxylic acids is 1. The molecular formula is C17H19NO4. The fourth-order valence-corrected chi connectivity index (χ4v) is 3.16. The summed E-state index contributed by atoms with van der Waals surface area (Å²) in [5.74, 6) is 0.976. The van der Waals surface area contributed by atoms with Gasteiger partial charge in [-0.15, -0.1) is 0 Å². The molecule has 1 aliphatic carbocycles. The molecule has 0 bridgehead atoms. The zero-order valence-corrected chi connectivity index (χ0v) is 12.3. The van der Waals surface area contributed by atoms with E-state index in [1.165, 1.54) is 5.56 Å². The van der Waals surface area contributed by atoms with Crippen molar-refractivity contribution in [2.24, 2.45) is 0 Å². The molecule has 0 saturated heterocycles. The predicted octanol–water partition coefficient (Wildman–Crippen LogP) is 3.19. The summed E-state index contributed by atoms with van der Waals surface area (Å²) in [5.41, 5.74) is 2.44. The molecule has 0 spiro atoms. The standard InChI is InChI=1S/C17H19NO4/c19-17(20)11-22-15-6-2-4-13-12(3-1-5-14(13)15)7-8-16-18-9-10-21-16/h2,4,6,9-10,12H,1,3,5,7-8,11H2,(H,19,20). The Bertz CT molecular complexity index is 636. The summed E-state index contributed by atoms with van der Waals surface area (Å²) in [7, 11) is 0. The summed E-state index contributed by atoms with van der Waals surface area (Å²) in [5, 5.41) is 8.78. The summed E-state index contributed by atoms with van der Waals surface area (Å²) in [4.78, 5) is 14.9. The normalized spacial score (nSPS) is 17.0. The van der Waals surface area contributed by atoms with E-state index >= 15 is 0 Å². The van der Waals surface area contributed by atoms with Gasteiger partial charge in [-0.2, -0.15) is 0 Å². The second-order valence-corrected chi connectivity index (χ2v) is 5.56. The van der Waals surface area contributed by atoms with Crippen molar-refractivity contribution < 1.29 is 19.1 Å². The molecule has 5 nitrogen and oxygen atoms in total. The number of aromatic nitrogens is 1. The predicted molar refractivity (Wildman–Crippen MR) is 80.1 cm³/mol. The van der Waals surface area contributed by atoms with Crippen molar-refractivity contribution in [3.05, 3.63) is 47.7 Å². The van der Waals surface area contributed by atoms with Crippen LogP contribution in [0.1, 0.15) is 42.2 Å². The maximum Gasteiger partial charge on any atom is 0.341 e. The first-order valence-electron chi connectivity index (χ1n) is 7.59. The third-order valence-electron chi connectivity index (χ3n) is 4.13. The second kappa shape index (κ2) is 6.64. The summed E-state index contributed by atoms with van der Waals surface area (Å²) < 4.78 is 10.7. The van der Waals surface area contributed by atoms with E-state index in [2.05, 4.69) is 11.1 Å². The van der Waals surface area contributed by atoms with Crippen molar-refractivity contribution in [1.29, 1.82) is 0 Å². The molecule has 1 unspecified atom stereocenters. The summed E-state index contributed by atoms with van der Waals surface area (Å²) in [6.45, 7) is -0.294. The fraction of sp³-hybridized carbons (Fsp3) is 0.412. The van der Waals surface area contributed by atoms with Crippen LogP contribution in [0.5, 0.6) is 5.75 Å². The van der Waals surface area contributed by atoms with Crippen molar-refractivity contribution in [2.45, 2.75) is 38.0 Å². The molecule has 5 heteroatoms. The first-order chi connectivity index (χ1) is 10.7. The number of oxazole rings is 1. The number of hydrogen-bond donors (Lipinski definition) is 1. The Balaban J connectivity index is 1.74. The topological polar surface area (TPSA) is 72.6 Å². The van der Waals surface area contributed by atoms with Gasteiger partial charge in [0.2, 0.25) is 0 Å². The van der Waals surface area contributed by atoms with E-state index in [0.29, 0.717) is 11.7 Å². The highest BCUT2D eigenvalue weighted by atomic mass is 16.5. The molecule has 22 heavy (non-hydrogen) atoms. The van der Waals surface area contributed by atoms with Gasteiger partial charge in [0.15, 0.2) is 12.5 Å². The van der Waals surface area contributed by atoms with Crippen LogP contribution in [0.3, 0.4) is 0 Å². The van der Waals surface area contributed by atoms with Crippen molar-refractivity contribution in [1.82, 2.24) is 4.98 Å². The molecule has 1 aromatic heterocycles. The van der Waals surface area contributed by atoms with Crippen LogP contribution in [-0.4, -0.2) is 22.7 Å². The van der Waals surface area contributed by atoms with Gasteiger partial charge in [0.05, 0.1) is 6.20 Å². The number of hydrogen-bond acceptors (Lipinski definition) is 4. The zero-order chi connectivity index (χ0) is 15.4. The van der Waals surface area contributed by atoms with Crippen LogP contribution in [0.15, 0.2) is 35.1 Å². The van der Waals surface area contributed by atoms with Gasteiger partial charge in [0, 0.05) is 6.42 Å².